The lowest BCUT2D eigenvalue weighted by atomic mass is 9.68. The number of nitrogens with two attached hydrogens (primary N) is 1. The lowest BCUT2D eigenvalue weighted by Gasteiger charge is -2.46. The first-order valence-electron chi connectivity index (χ1n) is 15.1. The second-order valence-corrected chi connectivity index (χ2v) is 15.2. The van der Waals surface area contributed by atoms with Crippen LogP contribution in [0, 0.1) is 17.8 Å². The van der Waals surface area contributed by atoms with Gasteiger partial charge < -0.3 is 14.4 Å². The van der Waals surface area contributed by atoms with Crippen molar-refractivity contribution in [2.24, 2.45) is 27.3 Å². The summed E-state index contributed by atoms with van der Waals surface area (Å²) in [5.41, 5.74) is 3.72. The minimum Gasteiger partial charge on any atom is -0.490 e. The number of fused-ring (bicyclic) bond motifs is 4. The normalized spacial score (nSPS) is 34.0. The van der Waals surface area contributed by atoms with Gasteiger partial charge in [-0.15, -0.1) is 4.36 Å². The molecule has 2 aromatic carbocycles. The summed E-state index contributed by atoms with van der Waals surface area (Å²) in [6.07, 6.45) is 8.45. The van der Waals surface area contributed by atoms with Gasteiger partial charge in [0.25, 0.3) is 5.91 Å². The Morgan fingerprint density at radius 1 is 1.15 bits per heavy atom. The van der Waals surface area contributed by atoms with Crippen LogP contribution in [0.5, 0.6) is 5.75 Å². The van der Waals surface area contributed by atoms with E-state index < -0.39 is 15.8 Å². The van der Waals surface area contributed by atoms with Gasteiger partial charge in [-0.2, -0.15) is 0 Å². The van der Waals surface area contributed by atoms with Gasteiger partial charge in [-0.3, -0.25) is 4.79 Å². The fourth-order valence-electron chi connectivity index (χ4n) is 7.74. The van der Waals surface area contributed by atoms with Crippen molar-refractivity contribution in [1.82, 2.24) is 0 Å². The highest BCUT2D eigenvalue weighted by molar-refractivity contribution is 7.91. The van der Waals surface area contributed by atoms with Crippen LogP contribution < -0.4 is 14.8 Å². The van der Waals surface area contributed by atoms with Gasteiger partial charge in [-0.25, -0.2) is 9.35 Å². The van der Waals surface area contributed by atoms with Gasteiger partial charge in [0.1, 0.15) is 15.7 Å². The number of hydrogen-bond acceptors (Lipinski definition) is 5. The Morgan fingerprint density at radius 2 is 2.00 bits per heavy atom. The molecule has 222 valence electrons. The molecule has 1 unspecified atom stereocenters. The number of anilines is 1. The molecule has 7 nitrogen and oxygen atoms in total. The predicted molar refractivity (Wildman–Crippen MR) is 164 cm³/mol. The molecule has 1 fully saturated rings. The summed E-state index contributed by atoms with van der Waals surface area (Å²) >= 11 is 6.41. The number of rotatable bonds is 1. The van der Waals surface area contributed by atoms with Crippen LogP contribution in [0.4, 0.5) is 5.69 Å². The molecule has 6 rings (SSSR count). The first-order chi connectivity index (χ1) is 19.7. The van der Waals surface area contributed by atoms with Crippen LogP contribution in [0.15, 0.2) is 40.8 Å². The number of carbonyl (C=O) groups excluding carboxylic acids is 1. The number of methoxy groups -OCH3 is 1. The van der Waals surface area contributed by atoms with Gasteiger partial charge in [0, 0.05) is 42.0 Å². The highest BCUT2D eigenvalue weighted by atomic mass is 35.5. The first kappa shape index (κ1) is 29.0. The highest BCUT2D eigenvalue weighted by Gasteiger charge is 2.44. The lowest BCUT2D eigenvalue weighted by Crippen LogP contribution is -2.49. The summed E-state index contributed by atoms with van der Waals surface area (Å²) in [7, 11) is -1.31. The van der Waals surface area contributed by atoms with E-state index in [1.54, 1.807) is 6.07 Å². The van der Waals surface area contributed by atoms with Gasteiger partial charge in [0.2, 0.25) is 0 Å². The van der Waals surface area contributed by atoms with E-state index in [-0.39, 0.29) is 23.2 Å². The lowest BCUT2D eigenvalue weighted by molar-refractivity contribution is -0.0223. The quantitative estimate of drug-likeness (QED) is 0.424. The maximum Gasteiger partial charge on any atom is 0.286 e. The predicted octanol–water partition coefficient (Wildman–Crippen LogP) is 6.16. The van der Waals surface area contributed by atoms with E-state index in [2.05, 4.69) is 21.4 Å². The van der Waals surface area contributed by atoms with E-state index in [1.165, 1.54) is 11.1 Å². The molecule has 1 spiro atoms. The molecule has 0 radical (unpaired) electrons. The summed E-state index contributed by atoms with van der Waals surface area (Å²) in [5, 5.41) is 6.88. The van der Waals surface area contributed by atoms with Crippen molar-refractivity contribution in [1.29, 1.82) is 0 Å². The van der Waals surface area contributed by atoms with E-state index >= 15 is 0 Å². The summed E-state index contributed by atoms with van der Waals surface area (Å²) in [6, 6.07) is 11.8. The maximum absolute atomic E-state index is 13.3. The van der Waals surface area contributed by atoms with Crippen LogP contribution in [-0.4, -0.2) is 48.8 Å². The summed E-state index contributed by atoms with van der Waals surface area (Å²) in [6.45, 7) is 4.25. The first-order valence-corrected chi connectivity index (χ1v) is 17.2. The minimum atomic E-state index is -3.15. The molecular formula is C32H42ClN3O4S. The van der Waals surface area contributed by atoms with Crippen LogP contribution in [-0.2, 0) is 26.5 Å². The average molecular weight is 600 g/mol. The van der Waals surface area contributed by atoms with Crippen LogP contribution in [0.25, 0.3) is 0 Å². The highest BCUT2D eigenvalue weighted by Crippen LogP contribution is 2.47. The second kappa shape index (κ2) is 11.5. The number of carbonyl (C=O) groups is 1. The number of halogens is 1. The molecule has 4 aliphatic rings. The molecular weight excluding hydrogens is 558 g/mol. The van der Waals surface area contributed by atoms with Crippen molar-refractivity contribution in [3.63, 3.8) is 0 Å². The molecule has 2 bridgehead atoms. The number of amides is 1. The molecule has 2 heterocycles. The molecule has 41 heavy (non-hydrogen) atoms. The molecule has 2 aliphatic carbocycles. The van der Waals surface area contributed by atoms with Crippen molar-refractivity contribution in [3.8, 4) is 5.75 Å². The topological polar surface area (TPSA) is 94.2 Å². The van der Waals surface area contributed by atoms with Crippen LogP contribution in [0.1, 0.15) is 73.4 Å². The monoisotopic (exact) mass is 599 g/mol. The van der Waals surface area contributed by atoms with Crippen molar-refractivity contribution >= 4 is 33.1 Å². The van der Waals surface area contributed by atoms with Crippen molar-refractivity contribution < 1.29 is 18.5 Å². The number of nitrogens with zero attached hydrogens (tertiary/aromatic N) is 2. The number of hydrogen-bond donors (Lipinski definition) is 1. The maximum atomic E-state index is 13.3. The van der Waals surface area contributed by atoms with Gasteiger partial charge in [-0.1, -0.05) is 31.0 Å². The standard InChI is InChI=1S/C32H42ClN3O4S/c1-21-5-3-7-29(39-2)26-11-8-24(26)17-36-19-32(14-4-6-22-15-25(33)10-12-27(22)32)20-40-30-13-9-23(16-28(30)36)31(37)35-41(34,38)18-21/h9-10,12-13,15-16,21,24,26,29H,3-8,11,14,17-20H2,1-2H3,(H2,34,35,37,38)/t21-,24-,26+,29-,32-,41?/m0/s1. The van der Waals surface area contributed by atoms with Gasteiger partial charge in [0.05, 0.1) is 18.4 Å². The Kier molecular flexibility index (Phi) is 8.13. The van der Waals surface area contributed by atoms with Crippen LogP contribution in [0.2, 0.25) is 5.02 Å². The molecule has 1 amide bonds. The van der Waals surface area contributed by atoms with Gasteiger partial charge >= 0.3 is 0 Å². The fourth-order valence-corrected chi connectivity index (χ4v) is 9.37. The Morgan fingerprint density at radius 3 is 2.78 bits per heavy atom. The Bertz CT molecular complexity index is 1440. The van der Waals surface area contributed by atoms with E-state index in [0.717, 1.165) is 80.9 Å². The summed E-state index contributed by atoms with van der Waals surface area (Å²) < 4.78 is 29.9. The zero-order valence-corrected chi connectivity index (χ0v) is 25.7. The minimum absolute atomic E-state index is 0.104. The van der Waals surface area contributed by atoms with E-state index in [9.17, 15) is 9.00 Å². The Hall–Kier alpha value is -2.13. The number of benzene rings is 2. The number of ether oxygens (including phenoxy) is 2. The Labute approximate surface area is 249 Å². The summed E-state index contributed by atoms with van der Waals surface area (Å²) in [5.74, 6) is 1.52. The van der Waals surface area contributed by atoms with E-state index in [1.807, 2.05) is 32.2 Å². The van der Waals surface area contributed by atoms with E-state index in [0.29, 0.717) is 24.0 Å². The average Bonchev–Trinajstić information content (AvgIpc) is 3.06. The Balaban J connectivity index is 1.43. The molecule has 0 saturated heterocycles. The molecule has 6 atom stereocenters. The third kappa shape index (κ3) is 5.90. The van der Waals surface area contributed by atoms with E-state index in [4.69, 9.17) is 26.2 Å². The molecule has 2 aliphatic heterocycles. The molecule has 2 N–H and O–H groups in total. The zero-order valence-electron chi connectivity index (χ0n) is 24.1. The van der Waals surface area contributed by atoms with Gasteiger partial charge in [-0.05, 0) is 104 Å². The van der Waals surface area contributed by atoms with Crippen LogP contribution in [0.3, 0.4) is 0 Å². The molecule has 0 aromatic heterocycles. The third-order valence-electron chi connectivity index (χ3n) is 9.94. The SMILES string of the molecule is CO[C@H]1CCC[C@H](C)CS(N)(=O)=NC(=O)c2ccc3c(c2)N(C[C@@H]2CC[C@H]21)C[C@@]1(CCCc2cc(Cl)ccc21)CO3. The fraction of sp³-hybridized carbons (Fsp3) is 0.594. The molecule has 2 aromatic rings. The smallest absolute Gasteiger partial charge is 0.286 e. The van der Waals surface area contributed by atoms with Crippen molar-refractivity contribution in [2.75, 3.05) is 37.5 Å². The molecule has 1 saturated carbocycles. The second-order valence-electron chi connectivity index (χ2n) is 12.9. The molecule has 9 heteroatoms. The number of aryl methyl sites for hydroxylation is 1. The zero-order chi connectivity index (χ0) is 28.8. The van der Waals surface area contributed by atoms with Crippen molar-refractivity contribution in [2.45, 2.75) is 69.8 Å². The van der Waals surface area contributed by atoms with Gasteiger partial charge in [0.15, 0.2) is 0 Å². The third-order valence-corrected chi connectivity index (χ3v) is 11.7. The summed E-state index contributed by atoms with van der Waals surface area (Å²) in [4.78, 5) is 15.7. The van der Waals surface area contributed by atoms with Crippen LogP contribution >= 0.6 is 11.6 Å². The van der Waals surface area contributed by atoms with Crippen molar-refractivity contribution in [3.05, 3.63) is 58.1 Å². The largest absolute Gasteiger partial charge is 0.490 e.